The third kappa shape index (κ3) is 8.69. The van der Waals surface area contributed by atoms with Crippen molar-refractivity contribution in [2.24, 2.45) is 0 Å². The van der Waals surface area contributed by atoms with Gasteiger partial charge in [0.15, 0.2) is 0 Å². The molecule has 2 N–H and O–H groups in total. The van der Waals surface area contributed by atoms with Gasteiger partial charge in [0.2, 0.25) is 0 Å². The van der Waals surface area contributed by atoms with Gasteiger partial charge in [-0.05, 0) is 75.2 Å². The lowest BCUT2D eigenvalue weighted by molar-refractivity contribution is 0.230. The number of hydrogen-bond acceptors (Lipinski definition) is 4. The highest BCUT2D eigenvalue weighted by Crippen LogP contribution is 2.30. The van der Waals surface area contributed by atoms with Crippen LogP contribution in [0.25, 0.3) is 16.9 Å². The van der Waals surface area contributed by atoms with Crippen molar-refractivity contribution in [1.82, 2.24) is 24.9 Å². The fraction of sp³-hybridized carbons (Fsp3) is 0.519. The molecule has 37 heavy (non-hydrogen) atoms. The average molecular weight is 595 g/mol. The van der Waals surface area contributed by atoms with Crippen molar-refractivity contribution < 1.29 is 4.39 Å². The number of hydrogen-bond donors (Lipinski definition) is 2. The molecule has 3 heterocycles. The molecule has 3 aromatic rings. The lowest BCUT2D eigenvalue weighted by Gasteiger charge is -2.28. The summed E-state index contributed by atoms with van der Waals surface area (Å²) in [5.41, 5.74) is 5.42. The molecular formula is C27H40Cl4FN5. The molecule has 0 spiro atoms. The fourth-order valence-electron chi connectivity index (χ4n) is 5.37. The van der Waals surface area contributed by atoms with E-state index >= 15 is 0 Å². The number of halogens is 5. The van der Waals surface area contributed by atoms with Crippen LogP contribution in [0.1, 0.15) is 56.3 Å². The molecular weight excluding hydrogens is 555 g/mol. The van der Waals surface area contributed by atoms with Crippen LogP contribution in [-0.4, -0.2) is 46.5 Å². The molecule has 0 saturated heterocycles. The second kappa shape index (κ2) is 16.8. The van der Waals surface area contributed by atoms with Crippen LogP contribution < -0.4 is 10.6 Å². The zero-order valence-electron chi connectivity index (χ0n) is 21.2. The summed E-state index contributed by atoms with van der Waals surface area (Å²) in [5, 5.41) is 7.30. The van der Waals surface area contributed by atoms with Crippen LogP contribution in [0.3, 0.4) is 0 Å². The molecule has 1 aromatic carbocycles. The van der Waals surface area contributed by atoms with Crippen molar-refractivity contribution in [3.63, 3.8) is 0 Å². The van der Waals surface area contributed by atoms with Gasteiger partial charge in [-0.1, -0.05) is 25.3 Å². The Kier molecular flexibility index (Phi) is 15.4. The second-order valence-corrected chi connectivity index (χ2v) is 9.58. The van der Waals surface area contributed by atoms with Crippen molar-refractivity contribution in [2.75, 3.05) is 26.2 Å². The summed E-state index contributed by atoms with van der Waals surface area (Å²) in [6.45, 7) is 6.12. The maximum atomic E-state index is 13.4. The van der Waals surface area contributed by atoms with Crippen LogP contribution >= 0.6 is 49.6 Å². The summed E-state index contributed by atoms with van der Waals surface area (Å²) >= 11 is 0. The van der Waals surface area contributed by atoms with Crippen molar-refractivity contribution in [2.45, 2.75) is 64.1 Å². The van der Waals surface area contributed by atoms with E-state index in [1.54, 1.807) is 0 Å². The number of benzene rings is 1. The van der Waals surface area contributed by atoms with E-state index in [1.807, 2.05) is 12.1 Å². The molecule has 2 aromatic heterocycles. The molecule has 1 saturated carbocycles. The van der Waals surface area contributed by atoms with E-state index in [2.05, 4.69) is 38.1 Å². The first-order valence-corrected chi connectivity index (χ1v) is 12.7. The van der Waals surface area contributed by atoms with Gasteiger partial charge in [0.25, 0.3) is 0 Å². The Hall–Kier alpha value is -1.12. The van der Waals surface area contributed by atoms with E-state index < -0.39 is 0 Å². The Morgan fingerprint density at radius 1 is 0.838 bits per heavy atom. The van der Waals surface area contributed by atoms with Crippen molar-refractivity contribution in [3.05, 3.63) is 59.7 Å². The van der Waals surface area contributed by atoms with E-state index in [9.17, 15) is 4.39 Å². The Morgan fingerprint density at radius 2 is 1.59 bits per heavy atom. The predicted molar refractivity (Wildman–Crippen MR) is 161 cm³/mol. The van der Waals surface area contributed by atoms with E-state index in [0.717, 1.165) is 62.2 Å². The molecule has 1 fully saturated rings. The topological polar surface area (TPSA) is 44.6 Å². The summed E-state index contributed by atoms with van der Waals surface area (Å²) in [4.78, 5) is 7.41. The molecule has 0 atom stereocenters. The highest BCUT2D eigenvalue weighted by molar-refractivity contribution is 5.86. The van der Waals surface area contributed by atoms with E-state index in [1.165, 1.54) is 68.5 Å². The molecule has 0 unspecified atom stereocenters. The number of pyridine rings is 1. The van der Waals surface area contributed by atoms with Gasteiger partial charge in [0, 0.05) is 43.5 Å². The Balaban J connectivity index is 0.00000171. The summed E-state index contributed by atoms with van der Waals surface area (Å²) < 4.78 is 15.7. The minimum Gasteiger partial charge on any atom is -0.315 e. The minimum absolute atomic E-state index is 0. The maximum absolute atomic E-state index is 13.4. The lowest BCUT2D eigenvalue weighted by Crippen LogP contribution is -2.36. The molecule has 1 aliphatic heterocycles. The number of imidazole rings is 1. The van der Waals surface area contributed by atoms with Crippen molar-refractivity contribution in [1.29, 1.82) is 0 Å². The number of nitrogens with zero attached hydrogens (tertiary/aromatic N) is 3. The van der Waals surface area contributed by atoms with Crippen LogP contribution in [0.15, 0.2) is 42.5 Å². The van der Waals surface area contributed by atoms with Crippen LogP contribution in [0.4, 0.5) is 4.39 Å². The molecule has 5 rings (SSSR count). The van der Waals surface area contributed by atoms with Crippen LogP contribution in [0.2, 0.25) is 0 Å². The van der Waals surface area contributed by atoms with E-state index in [4.69, 9.17) is 4.98 Å². The zero-order chi connectivity index (χ0) is 22.5. The summed E-state index contributed by atoms with van der Waals surface area (Å²) in [6.07, 6.45) is 9.27. The van der Waals surface area contributed by atoms with Crippen LogP contribution in [0, 0.1) is 5.82 Å². The number of aromatic nitrogens is 2. The third-order valence-electron chi connectivity index (χ3n) is 7.11. The lowest BCUT2D eigenvalue weighted by atomic mass is 9.95. The highest BCUT2D eigenvalue weighted by atomic mass is 35.5. The molecule has 0 bridgehead atoms. The first-order chi connectivity index (χ1) is 16.3. The molecule has 1 aliphatic carbocycles. The van der Waals surface area contributed by atoms with Gasteiger partial charge in [-0.25, -0.2) is 9.37 Å². The largest absolute Gasteiger partial charge is 0.315 e. The van der Waals surface area contributed by atoms with Gasteiger partial charge < -0.3 is 10.6 Å². The van der Waals surface area contributed by atoms with Crippen LogP contribution in [0.5, 0.6) is 0 Å². The van der Waals surface area contributed by atoms with Gasteiger partial charge in [0.1, 0.15) is 11.5 Å². The summed E-state index contributed by atoms with van der Waals surface area (Å²) in [7, 11) is 0. The Labute approximate surface area is 245 Å². The first-order valence-electron chi connectivity index (χ1n) is 12.7. The molecule has 10 heteroatoms. The Morgan fingerprint density at radius 3 is 2.35 bits per heavy atom. The van der Waals surface area contributed by atoms with Gasteiger partial charge >= 0.3 is 0 Å². The monoisotopic (exact) mass is 593 g/mol. The standard InChI is InChI=1S/C27H36FN5.4ClH/c28-22-13-11-21(12-14-22)27-25-20-32(19-24-9-6-10-26(31-27)33(24)25)18-5-4-15-29-16-17-30-23-7-2-1-3-8-23;;;;/h6,9-14,23,29-30H,1-5,7-8,15-20H2;4*1H. The number of rotatable bonds is 10. The van der Waals surface area contributed by atoms with Gasteiger partial charge in [-0.2, -0.15) is 0 Å². The zero-order valence-corrected chi connectivity index (χ0v) is 24.4. The summed E-state index contributed by atoms with van der Waals surface area (Å²) in [5.74, 6) is -0.211. The molecule has 0 radical (unpaired) electrons. The molecule has 0 amide bonds. The van der Waals surface area contributed by atoms with Gasteiger partial charge in [0.05, 0.1) is 11.4 Å². The van der Waals surface area contributed by atoms with Gasteiger partial charge in [-0.3, -0.25) is 9.30 Å². The average Bonchev–Trinajstić information content (AvgIpc) is 3.22. The third-order valence-corrected chi connectivity index (χ3v) is 7.11. The van der Waals surface area contributed by atoms with E-state index in [-0.39, 0.29) is 55.4 Å². The first kappa shape index (κ1) is 33.9. The quantitative estimate of drug-likeness (QED) is 0.265. The summed E-state index contributed by atoms with van der Waals surface area (Å²) in [6, 6.07) is 13.8. The van der Waals surface area contributed by atoms with Gasteiger partial charge in [-0.15, -0.1) is 49.6 Å². The highest BCUT2D eigenvalue weighted by Gasteiger charge is 2.23. The number of unbranched alkanes of at least 4 members (excludes halogenated alkanes) is 1. The molecule has 2 aliphatic rings. The van der Waals surface area contributed by atoms with Crippen molar-refractivity contribution in [3.8, 4) is 11.3 Å². The molecule has 208 valence electrons. The SMILES string of the molecule is Cl.Cl.Cl.Cl.Fc1ccc(-c2nc3cccc4n3c2CN(CCCCNCCNC2CCCCC2)C4)cc1. The van der Waals surface area contributed by atoms with Crippen LogP contribution in [-0.2, 0) is 13.1 Å². The fourth-order valence-corrected chi connectivity index (χ4v) is 5.37. The second-order valence-electron chi connectivity index (χ2n) is 9.58. The number of nitrogens with one attached hydrogen (secondary N) is 2. The van der Waals surface area contributed by atoms with Crippen molar-refractivity contribution >= 4 is 55.3 Å². The molecule has 5 nitrogen and oxygen atoms in total. The smallest absolute Gasteiger partial charge is 0.137 e. The Bertz CT molecular complexity index is 1060. The normalized spacial score (nSPS) is 15.3. The maximum Gasteiger partial charge on any atom is 0.137 e. The predicted octanol–water partition coefficient (Wildman–Crippen LogP) is 6.44. The minimum atomic E-state index is -0.211. The van der Waals surface area contributed by atoms with E-state index in [0.29, 0.717) is 0 Å².